The molecular weight excluding hydrogens is 272 g/mol. The minimum absolute atomic E-state index is 0.207. The van der Waals surface area contributed by atoms with Crippen LogP contribution in [0.25, 0.3) is 0 Å². The molecule has 0 atom stereocenters. The van der Waals surface area contributed by atoms with Crippen molar-refractivity contribution in [3.63, 3.8) is 0 Å². The summed E-state index contributed by atoms with van der Waals surface area (Å²) in [6.45, 7) is 9.37. The fourth-order valence-electron chi connectivity index (χ4n) is 1.71. The molecule has 0 aliphatic carbocycles. The highest BCUT2D eigenvalue weighted by molar-refractivity contribution is 6.32. The van der Waals surface area contributed by atoms with Crippen molar-refractivity contribution < 1.29 is 4.79 Å². The lowest BCUT2D eigenvalue weighted by Crippen LogP contribution is -2.31. The van der Waals surface area contributed by atoms with Crippen LogP contribution in [-0.2, 0) is 6.42 Å². The fourth-order valence-corrected chi connectivity index (χ4v) is 1.93. The molecule has 0 fully saturated rings. The topological polar surface area (TPSA) is 41.1 Å². The zero-order valence-electron chi connectivity index (χ0n) is 11.8. The van der Waals surface area contributed by atoms with Crippen molar-refractivity contribution in [3.8, 4) is 0 Å². The Morgan fingerprint density at radius 2 is 2.05 bits per heavy atom. The second-order valence-corrected chi connectivity index (χ2v) is 4.51. The number of carbonyl (C=O) groups is 1. The van der Waals surface area contributed by atoms with Crippen LogP contribution in [0.2, 0.25) is 0 Å². The molecule has 0 saturated carbocycles. The Kier molecular flexibility index (Phi) is 6.07. The van der Waals surface area contributed by atoms with Gasteiger partial charge in [-0.15, -0.1) is 0 Å². The van der Waals surface area contributed by atoms with Crippen LogP contribution in [0.5, 0.6) is 0 Å². The second kappa shape index (κ2) is 7.56. The van der Waals surface area contributed by atoms with Crippen LogP contribution in [0, 0.1) is 0 Å². The molecule has 1 aromatic carbocycles. The number of amides is 1. The van der Waals surface area contributed by atoms with Crippen LogP contribution >= 0.6 is 11.6 Å². The first kappa shape index (κ1) is 16.1. The van der Waals surface area contributed by atoms with Crippen LogP contribution in [0.1, 0.15) is 22.8 Å². The molecule has 0 heterocycles. The minimum Gasteiger partial charge on any atom is -0.373 e. The summed E-state index contributed by atoms with van der Waals surface area (Å²) in [5.74, 6) is 0.203. The van der Waals surface area contributed by atoms with Crippen molar-refractivity contribution in [1.29, 1.82) is 0 Å². The maximum absolute atomic E-state index is 12.3. The first-order chi connectivity index (χ1) is 9.54. The van der Waals surface area contributed by atoms with E-state index in [2.05, 4.69) is 23.8 Å². The maximum Gasteiger partial charge on any atom is 0.257 e. The van der Waals surface area contributed by atoms with E-state index in [4.69, 9.17) is 11.6 Å². The summed E-state index contributed by atoms with van der Waals surface area (Å²) in [5, 5.41) is 5.96. The molecule has 0 aliphatic heterocycles. The first-order valence-corrected chi connectivity index (χ1v) is 6.71. The van der Waals surface area contributed by atoms with Gasteiger partial charge < -0.3 is 10.6 Å². The van der Waals surface area contributed by atoms with Gasteiger partial charge in [-0.2, -0.15) is 0 Å². The number of rotatable bonds is 6. The molecule has 106 valence electrons. The van der Waals surface area contributed by atoms with Gasteiger partial charge in [0, 0.05) is 12.6 Å². The smallest absolute Gasteiger partial charge is 0.257 e. The Bertz CT molecular complexity index is 561. The summed E-state index contributed by atoms with van der Waals surface area (Å²) in [7, 11) is 1.68. The summed E-state index contributed by atoms with van der Waals surface area (Å²) >= 11 is 6.13. The normalized spacial score (nSPS) is 11.3. The van der Waals surface area contributed by atoms with Crippen molar-refractivity contribution in [2.24, 2.45) is 0 Å². The van der Waals surface area contributed by atoms with E-state index in [1.165, 1.54) is 6.08 Å². The van der Waals surface area contributed by atoms with Gasteiger partial charge in [0.15, 0.2) is 0 Å². The van der Waals surface area contributed by atoms with Gasteiger partial charge in [0.2, 0.25) is 0 Å². The van der Waals surface area contributed by atoms with E-state index in [-0.39, 0.29) is 5.91 Å². The van der Waals surface area contributed by atoms with Crippen molar-refractivity contribution in [2.75, 3.05) is 7.05 Å². The zero-order chi connectivity index (χ0) is 15.1. The highest BCUT2D eigenvalue weighted by atomic mass is 35.5. The summed E-state index contributed by atoms with van der Waals surface area (Å²) < 4.78 is 0. The molecule has 0 bridgehead atoms. The summed E-state index contributed by atoms with van der Waals surface area (Å²) in [6.07, 6.45) is 2.32. The molecule has 20 heavy (non-hydrogen) atoms. The van der Waals surface area contributed by atoms with Gasteiger partial charge in [-0.25, -0.2) is 0 Å². The molecule has 0 aliphatic rings. The molecular formula is C16H19ClN2O. The van der Waals surface area contributed by atoms with E-state index < -0.39 is 0 Å². The molecule has 4 heteroatoms. The van der Waals surface area contributed by atoms with E-state index in [1.54, 1.807) is 13.1 Å². The predicted molar refractivity (Wildman–Crippen MR) is 84.6 cm³/mol. The molecule has 2 N–H and O–H groups in total. The standard InChI is InChI=1S/C16H19ClN2O/c1-5-11(3)14(17)15(18-4)19-16(20)13-10-8-7-9-12(13)6-2/h5,7-10,18H,1,3,6H2,2,4H3,(H,19,20)/b15-14-. The van der Waals surface area contributed by atoms with Crippen LogP contribution < -0.4 is 10.6 Å². The molecule has 3 nitrogen and oxygen atoms in total. The Hall–Kier alpha value is -2.00. The molecule has 0 spiro atoms. The second-order valence-electron chi connectivity index (χ2n) is 4.13. The van der Waals surface area contributed by atoms with Gasteiger partial charge in [-0.1, -0.05) is 56.0 Å². The Balaban J connectivity index is 3.04. The third-order valence-electron chi connectivity index (χ3n) is 2.88. The third kappa shape index (κ3) is 3.75. The van der Waals surface area contributed by atoms with E-state index in [1.807, 2.05) is 25.1 Å². The molecule has 1 amide bonds. The number of hydrogen-bond acceptors (Lipinski definition) is 2. The third-order valence-corrected chi connectivity index (χ3v) is 3.31. The highest BCUT2D eigenvalue weighted by Gasteiger charge is 2.13. The fraction of sp³-hybridized carbons (Fsp3) is 0.188. The molecule has 1 aromatic rings. The van der Waals surface area contributed by atoms with Gasteiger partial charge in [0.05, 0.1) is 5.03 Å². The lowest BCUT2D eigenvalue weighted by Gasteiger charge is -2.13. The number of aryl methyl sites for hydroxylation is 1. The summed E-state index contributed by atoms with van der Waals surface area (Å²) in [4.78, 5) is 12.3. The number of hydrogen-bond donors (Lipinski definition) is 2. The Labute approximate surface area is 125 Å². The van der Waals surface area contributed by atoms with Crippen molar-refractivity contribution in [2.45, 2.75) is 13.3 Å². The van der Waals surface area contributed by atoms with Crippen LogP contribution in [0.15, 0.2) is 59.9 Å². The average molecular weight is 291 g/mol. The van der Waals surface area contributed by atoms with Gasteiger partial charge in [-0.3, -0.25) is 4.79 Å². The van der Waals surface area contributed by atoms with Gasteiger partial charge >= 0.3 is 0 Å². The SMILES string of the molecule is C=CC(=C)/C(Cl)=C(\NC)NC(=O)c1ccccc1CC. The van der Waals surface area contributed by atoms with Gasteiger partial charge in [0.25, 0.3) is 5.91 Å². The highest BCUT2D eigenvalue weighted by Crippen LogP contribution is 2.17. The average Bonchev–Trinajstić information content (AvgIpc) is 2.50. The minimum atomic E-state index is -0.207. The number of benzene rings is 1. The zero-order valence-corrected chi connectivity index (χ0v) is 12.6. The number of nitrogens with one attached hydrogen (secondary N) is 2. The predicted octanol–water partition coefficient (Wildman–Crippen LogP) is 3.35. The first-order valence-electron chi connectivity index (χ1n) is 6.33. The van der Waals surface area contributed by atoms with Crippen molar-refractivity contribution in [1.82, 2.24) is 10.6 Å². The maximum atomic E-state index is 12.3. The number of allylic oxidation sites excluding steroid dienone is 3. The lowest BCUT2D eigenvalue weighted by molar-refractivity contribution is 0.0962. The van der Waals surface area contributed by atoms with Crippen LogP contribution in [-0.4, -0.2) is 13.0 Å². The van der Waals surface area contributed by atoms with Crippen LogP contribution in [0.4, 0.5) is 0 Å². The van der Waals surface area contributed by atoms with E-state index in [9.17, 15) is 4.79 Å². The Morgan fingerprint density at radius 3 is 2.60 bits per heavy atom. The molecule has 0 unspecified atom stereocenters. The largest absolute Gasteiger partial charge is 0.373 e. The quantitative estimate of drug-likeness (QED) is 0.789. The monoisotopic (exact) mass is 290 g/mol. The lowest BCUT2D eigenvalue weighted by atomic mass is 10.0. The van der Waals surface area contributed by atoms with E-state index in [0.29, 0.717) is 22.0 Å². The molecule has 0 saturated heterocycles. The summed E-state index contributed by atoms with van der Waals surface area (Å²) in [6, 6.07) is 7.47. The Morgan fingerprint density at radius 1 is 1.40 bits per heavy atom. The van der Waals surface area contributed by atoms with Gasteiger partial charge in [-0.05, 0) is 23.6 Å². The van der Waals surface area contributed by atoms with Crippen molar-refractivity contribution in [3.05, 3.63) is 71.1 Å². The number of halogens is 1. The van der Waals surface area contributed by atoms with E-state index in [0.717, 1.165) is 12.0 Å². The molecule has 0 aromatic heterocycles. The molecule has 0 radical (unpaired) electrons. The van der Waals surface area contributed by atoms with Crippen LogP contribution in [0.3, 0.4) is 0 Å². The number of carbonyl (C=O) groups excluding carboxylic acids is 1. The van der Waals surface area contributed by atoms with Gasteiger partial charge in [0.1, 0.15) is 5.82 Å². The molecule has 1 rings (SSSR count). The van der Waals surface area contributed by atoms with Crippen molar-refractivity contribution >= 4 is 17.5 Å². The van der Waals surface area contributed by atoms with E-state index >= 15 is 0 Å². The summed E-state index contributed by atoms with van der Waals surface area (Å²) in [5.41, 5.74) is 2.16.